The Hall–Kier alpha value is -1.44. The zero-order chi connectivity index (χ0) is 27.4. The van der Waals surface area contributed by atoms with Crippen molar-refractivity contribution >= 4 is 11.9 Å². The van der Waals surface area contributed by atoms with E-state index in [0.717, 1.165) is 18.4 Å². The summed E-state index contributed by atoms with van der Waals surface area (Å²) in [7, 11) is 1.58. The summed E-state index contributed by atoms with van der Waals surface area (Å²) in [6.07, 6.45) is 2.81. The van der Waals surface area contributed by atoms with Crippen LogP contribution in [0.15, 0.2) is 12.2 Å². The molecule has 7 nitrogen and oxygen atoms in total. The van der Waals surface area contributed by atoms with Crippen LogP contribution in [0, 0.1) is 16.2 Å². The minimum absolute atomic E-state index is 0.151. The lowest BCUT2D eigenvalue weighted by Crippen LogP contribution is -2.27. The van der Waals surface area contributed by atoms with Crippen molar-refractivity contribution in [3.63, 3.8) is 0 Å². The highest BCUT2D eigenvalue weighted by Crippen LogP contribution is 2.22. The van der Waals surface area contributed by atoms with Gasteiger partial charge >= 0.3 is 11.9 Å². The smallest absolute Gasteiger partial charge is 0.311 e. The molecule has 0 saturated carbocycles. The second-order valence-corrected chi connectivity index (χ2v) is 10.7. The summed E-state index contributed by atoms with van der Waals surface area (Å²) < 4.78 is 14.8. The molecule has 0 saturated heterocycles. The molecule has 0 aliphatic rings. The topological polar surface area (TPSA) is 80.3 Å². The van der Waals surface area contributed by atoms with E-state index >= 15 is 0 Å². The van der Waals surface area contributed by atoms with Crippen LogP contribution in [0.3, 0.4) is 0 Å². The number of hydrogen-bond donors (Lipinski definition) is 0. The molecule has 0 fully saturated rings. The van der Waals surface area contributed by atoms with Gasteiger partial charge in [0.05, 0.1) is 17.4 Å². The van der Waals surface area contributed by atoms with E-state index in [1.54, 1.807) is 7.11 Å². The Balaban J connectivity index is -0.000000469. The van der Waals surface area contributed by atoms with E-state index in [1.165, 1.54) is 6.42 Å². The van der Waals surface area contributed by atoms with E-state index in [1.807, 2.05) is 48.5 Å². The van der Waals surface area contributed by atoms with Gasteiger partial charge in [-0.1, -0.05) is 60.1 Å². The van der Waals surface area contributed by atoms with Crippen LogP contribution in [0.5, 0.6) is 0 Å². The number of carbonyl (C=O) groups excluding carboxylic acids is 2. The average Bonchev–Trinajstić information content (AvgIpc) is 2.76. The summed E-state index contributed by atoms with van der Waals surface area (Å²) >= 11 is 0. The normalized spacial score (nSPS) is 11.4. The summed E-state index contributed by atoms with van der Waals surface area (Å²) in [4.78, 5) is 32.4. The van der Waals surface area contributed by atoms with Crippen LogP contribution >= 0.6 is 0 Å². The van der Waals surface area contributed by atoms with E-state index in [9.17, 15) is 9.59 Å². The van der Waals surface area contributed by atoms with Crippen LogP contribution in [-0.2, 0) is 33.6 Å². The van der Waals surface area contributed by atoms with E-state index < -0.39 is 5.41 Å². The maximum absolute atomic E-state index is 11.5. The standard InChI is InChI=1S/C12H22O4.C9H18O3.C6H14/c1-6-12(4,5)11(13)14-7-8-15-16-9-10(2)3;1-5-9(2,3)8(10)12-7-6-11-4;1-5-6(2,3)4/h2,6-9H2,1,3-5H3;5-7H2,1-4H3;5H2,1-4H3. The van der Waals surface area contributed by atoms with Gasteiger partial charge in [-0.2, -0.15) is 0 Å². The molecule has 0 spiro atoms. The Kier molecular flexibility index (Phi) is 21.6. The third kappa shape index (κ3) is 23.7. The van der Waals surface area contributed by atoms with Gasteiger partial charge in [0.1, 0.15) is 26.4 Å². The molecule has 0 amide bonds. The highest BCUT2D eigenvalue weighted by molar-refractivity contribution is 5.76. The molecule has 34 heavy (non-hydrogen) atoms. The summed E-state index contributed by atoms with van der Waals surface area (Å²) in [5.41, 5.74) is 0.621. The van der Waals surface area contributed by atoms with Crippen molar-refractivity contribution in [1.29, 1.82) is 0 Å². The first kappa shape index (κ1) is 37.1. The van der Waals surface area contributed by atoms with Crippen LogP contribution in [0.1, 0.15) is 95.4 Å². The molecule has 0 bridgehead atoms. The van der Waals surface area contributed by atoms with Crippen LogP contribution in [0.4, 0.5) is 0 Å². The zero-order valence-corrected chi connectivity index (χ0v) is 24.2. The molecule has 0 aromatic carbocycles. The van der Waals surface area contributed by atoms with Crippen molar-refractivity contribution in [2.75, 3.05) is 40.1 Å². The first-order chi connectivity index (χ1) is 15.5. The van der Waals surface area contributed by atoms with Crippen LogP contribution in [0.25, 0.3) is 0 Å². The van der Waals surface area contributed by atoms with Gasteiger partial charge in [-0.25, -0.2) is 9.78 Å². The Morgan fingerprint density at radius 1 is 0.676 bits per heavy atom. The Morgan fingerprint density at radius 2 is 1.06 bits per heavy atom. The fourth-order valence-electron chi connectivity index (χ4n) is 1.27. The average molecular weight is 491 g/mol. The predicted molar refractivity (Wildman–Crippen MR) is 138 cm³/mol. The summed E-state index contributed by atoms with van der Waals surface area (Å²) in [5, 5.41) is 0. The van der Waals surface area contributed by atoms with Crippen molar-refractivity contribution in [3.05, 3.63) is 12.2 Å². The van der Waals surface area contributed by atoms with Gasteiger partial charge in [-0.3, -0.25) is 9.59 Å². The molecule has 0 aromatic heterocycles. The van der Waals surface area contributed by atoms with Crippen molar-refractivity contribution in [1.82, 2.24) is 0 Å². The lowest BCUT2D eigenvalue weighted by atomic mass is 9.91. The van der Waals surface area contributed by atoms with Crippen LogP contribution < -0.4 is 0 Å². The molecule has 0 aliphatic heterocycles. The molecule has 204 valence electrons. The monoisotopic (exact) mass is 490 g/mol. The van der Waals surface area contributed by atoms with E-state index in [4.69, 9.17) is 24.0 Å². The lowest BCUT2D eigenvalue weighted by Gasteiger charge is -2.20. The molecular formula is C27H54O7. The van der Waals surface area contributed by atoms with Gasteiger partial charge in [-0.05, 0) is 52.9 Å². The van der Waals surface area contributed by atoms with Crippen LogP contribution in [-0.4, -0.2) is 52.1 Å². The molecule has 7 heteroatoms. The molecule has 0 aromatic rings. The second-order valence-electron chi connectivity index (χ2n) is 10.7. The Bertz CT molecular complexity index is 546. The maximum Gasteiger partial charge on any atom is 0.311 e. The summed E-state index contributed by atoms with van der Waals surface area (Å²) in [6.45, 7) is 27.4. The van der Waals surface area contributed by atoms with E-state index in [2.05, 4.69) is 34.3 Å². The molecule has 0 heterocycles. The first-order valence-electron chi connectivity index (χ1n) is 12.2. The Morgan fingerprint density at radius 3 is 1.35 bits per heavy atom. The molecule has 0 aliphatic carbocycles. The number of hydrogen-bond acceptors (Lipinski definition) is 7. The fourth-order valence-corrected chi connectivity index (χ4v) is 1.27. The predicted octanol–water partition coefficient (Wildman–Crippen LogP) is 6.54. The third-order valence-corrected chi connectivity index (χ3v) is 5.24. The second kappa shape index (κ2) is 19.8. The maximum atomic E-state index is 11.5. The van der Waals surface area contributed by atoms with E-state index in [-0.39, 0.29) is 30.6 Å². The molecule has 0 radical (unpaired) electrons. The largest absolute Gasteiger partial charge is 0.463 e. The zero-order valence-electron chi connectivity index (χ0n) is 24.2. The van der Waals surface area contributed by atoms with Crippen molar-refractivity contribution in [2.45, 2.75) is 95.4 Å². The van der Waals surface area contributed by atoms with Gasteiger partial charge in [0.25, 0.3) is 0 Å². The van der Waals surface area contributed by atoms with Crippen LogP contribution in [0.2, 0.25) is 0 Å². The highest BCUT2D eigenvalue weighted by Gasteiger charge is 2.27. The Labute approximate surface area is 209 Å². The summed E-state index contributed by atoms with van der Waals surface area (Å²) in [5.74, 6) is -0.361. The first-order valence-corrected chi connectivity index (χ1v) is 12.2. The number of carbonyl (C=O) groups is 2. The minimum Gasteiger partial charge on any atom is -0.463 e. The van der Waals surface area contributed by atoms with Crippen molar-refractivity contribution in [2.24, 2.45) is 16.2 Å². The van der Waals surface area contributed by atoms with Gasteiger partial charge < -0.3 is 14.2 Å². The molecular weight excluding hydrogens is 436 g/mol. The quantitative estimate of drug-likeness (QED) is 0.0952. The molecule has 0 rings (SSSR count). The van der Waals surface area contributed by atoms with Gasteiger partial charge in [-0.15, -0.1) is 0 Å². The van der Waals surface area contributed by atoms with Crippen molar-refractivity contribution < 1.29 is 33.6 Å². The number of esters is 2. The van der Waals surface area contributed by atoms with Crippen molar-refractivity contribution in [3.8, 4) is 0 Å². The third-order valence-electron chi connectivity index (χ3n) is 5.24. The van der Waals surface area contributed by atoms with Gasteiger partial charge in [0.2, 0.25) is 0 Å². The minimum atomic E-state index is -0.432. The lowest BCUT2D eigenvalue weighted by molar-refractivity contribution is -0.292. The summed E-state index contributed by atoms with van der Waals surface area (Å²) in [6, 6.07) is 0. The molecule has 0 unspecified atom stereocenters. The van der Waals surface area contributed by atoms with E-state index in [0.29, 0.717) is 25.2 Å². The fraction of sp³-hybridized carbons (Fsp3) is 0.852. The molecule has 0 atom stereocenters. The molecule has 0 N–H and O–H groups in total. The number of ether oxygens (including phenoxy) is 3. The number of methoxy groups -OCH3 is 1. The van der Waals surface area contributed by atoms with Gasteiger partial charge in [0, 0.05) is 7.11 Å². The van der Waals surface area contributed by atoms with Gasteiger partial charge in [0.15, 0.2) is 0 Å². The highest BCUT2D eigenvalue weighted by atomic mass is 17.2. The SMILES string of the molecule is C=C(C)COOCCOC(=O)C(C)(C)CC.CCC(C)(C)C.CCC(C)(C)C(=O)OCCOC. The number of rotatable bonds is 13.